The first kappa shape index (κ1) is 13.2. The molecule has 17 heavy (non-hydrogen) atoms. The number of hydrogen-bond acceptors (Lipinski definition) is 3. The molecule has 0 aromatic rings. The van der Waals surface area contributed by atoms with Gasteiger partial charge in [0.15, 0.2) is 0 Å². The van der Waals surface area contributed by atoms with Gasteiger partial charge in [-0.2, -0.15) is 11.8 Å². The molecule has 2 aliphatic rings. The lowest BCUT2D eigenvalue weighted by atomic mass is 10.0. The predicted molar refractivity (Wildman–Crippen MR) is 71.3 cm³/mol. The van der Waals surface area contributed by atoms with Crippen LogP contribution in [0, 0.1) is 5.92 Å². The van der Waals surface area contributed by atoms with Crippen molar-refractivity contribution in [3.63, 3.8) is 0 Å². The number of methoxy groups -OCH3 is 1. The van der Waals surface area contributed by atoms with Crippen LogP contribution in [0.15, 0.2) is 0 Å². The third-order valence-electron chi connectivity index (χ3n) is 4.06. The summed E-state index contributed by atoms with van der Waals surface area (Å²) in [4.78, 5) is 11.8. The second kappa shape index (κ2) is 6.10. The van der Waals surface area contributed by atoms with Crippen molar-refractivity contribution in [1.82, 2.24) is 5.32 Å². The second-order valence-electron chi connectivity index (χ2n) is 5.32. The topological polar surface area (TPSA) is 38.3 Å². The predicted octanol–water partition coefficient (Wildman–Crippen LogP) is 2.21. The van der Waals surface area contributed by atoms with Crippen molar-refractivity contribution in [1.29, 1.82) is 0 Å². The molecule has 0 bridgehead atoms. The monoisotopic (exact) mass is 257 g/mol. The zero-order valence-corrected chi connectivity index (χ0v) is 11.5. The van der Waals surface area contributed by atoms with E-state index >= 15 is 0 Å². The van der Waals surface area contributed by atoms with Crippen LogP contribution in [0.25, 0.3) is 0 Å². The van der Waals surface area contributed by atoms with E-state index in [0.29, 0.717) is 18.9 Å². The number of rotatable bonds is 5. The van der Waals surface area contributed by atoms with Crippen LogP contribution in [0.1, 0.15) is 38.5 Å². The van der Waals surface area contributed by atoms with E-state index in [4.69, 9.17) is 4.74 Å². The first-order valence-corrected chi connectivity index (χ1v) is 7.79. The molecule has 1 saturated heterocycles. The molecule has 2 rings (SSSR count). The van der Waals surface area contributed by atoms with Crippen molar-refractivity contribution in [2.24, 2.45) is 5.92 Å². The molecule has 1 atom stereocenters. The van der Waals surface area contributed by atoms with Crippen LogP contribution in [0.2, 0.25) is 0 Å². The van der Waals surface area contributed by atoms with Crippen LogP contribution in [-0.4, -0.2) is 36.7 Å². The summed E-state index contributed by atoms with van der Waals surface area (Å²) >= 11 is 1.91. The molecule has 0 aromatic carbocycles. The van der Waals surface area contributed by atoms with E-state index in [1.807, 2.05) is 11.8 Å². The Morgan fingerprint density at radius 1 is 1.47 bits per heavy atom. The summed E-state index contributed by atoms with van der Waals surface area (Å²) in [6, 6.07) is 0. The maximum absolute atomic E-state index is 11.8. The summed E-state index contributed by atoms with van der Waals surface area (Å²) in [6.45, 7) is 0.683. The number of ether oxygens (including phenoxy) is 1. The van der Waals surface area contributed by atoms with Gasteiger partial charge in [0, 0.05) is 25.8 Å². The van der Waals surface area contributed by atoms with Gasteiger partial charge < -0.3 is 10.1 Å². The lowest BCUT2D eigenvalue weighted by molar-refractivity contribution is -0.123. The average molecular weight is 257 g/mol. The van der Waals surface area contributed by atoms with Gasteiger partial charge in [-0.25, -0.2) is 0 Å². The molecule has 98 valence electrons. The van der Waals surface area contributed by atoms with E-state index in [1.54, 1.807) is 7.11 Å². The summed E-state index contributed by atoms with van der Waals surface area (Å²) < 4.78 is 5.58. The number of carbonyl (C=O) groups excluding carboxylic acids is 1. The number of thioether (sulfide) groups is 1. The molecule has 0 spiro atoms. The molecular weight excluding hydrogens is 234 g/mol. The fourth-order valence-corrected chi connectivity index (χ4v) is 4.17. The Bertz CT molecular complexity index is 258. The van der Waals surface area contributed by atoms with Crippen molar-refractivity contribution < 1.29 is 9.53 Å². The third kappa shape index (κ3) is 3.62. The summed E-state index contributed by atoms with van der Waals surface area (Å²) in [7, 11) is 1.76. The lowest BCUT2D eigenvalue weighted by Gasteiger charge is -2.27. The molecule has 0 aromatic heterocycles. The van der Waals surface area contributed by atoms with Gasteiger partial charge >= 0.3 is 0 Å². The van der Waals surface area contributed by atoms with Crippen molar-refractivity contribution >= 4 is 17.7 Å². The van der Waals surface area contributed by atoms with Crippen LogP contribution in [0.5, 0.6) is 0 Å². The molecule has 0 unspecified atom stereocenters. The van der Waals surface area contributed by atoms with E-state index in [-0.39, 0.29) is 11.5 Å². The van der Waals surface area contributed by atoms with Crippen LogP contribution < -0.4 is 5.32 Å². The molecule has 1 amide bonds. The van der Waals surface area contributed by atoms with E-state index in [1.165, 1.54) is 25.7 Å². The number of hydrogen-bond donors (Lipinski definition) is 1. The van der Waals surface area contributed by atoms with Gasteiger partial charge in [-0.1, -0.05) is 12.8 Å². The zero-order valence-electron chi connectivity index (χ0n) is 10.7. The number of carbonyl (C=O) groups is 1. The summed E-state index contributed by atoms with van der Waals surface area (Å²) in [5.74, 6) is 3.00. The molecule has 1 aliphatic heterocycles. The van der Waals surface area contributed by atoms with Crippen LogP contribution in [0.4, 0.5) is 0 Å². The average Bonchev–Trinajstić information content (AvgIpc) is 2.98. The SMILES string of the molecule is CO[C@@]1(CNC(=O)CC2CCCC2)CCSC1. The maximum atomic E-state index is 11.8. The van der Waals surface area contributed by atoms with E-state index in [9.17, 15) is 4.79 Å². The minimum absolute atomic E-state index is 0.101. The molecule has 2 fully saturated rings. The van der Waals surface area contributed by atoms with Crippen LogP contribution >= 0.6 is 11.8 Å². The Morgan fingerprint density at radius 2 is 2.24 bits per heavy atom. The smallest absolute Gasteiger partial charge is 0.220 e. The molecule has 1 heterocycles. The highest BCUT2D eigenvalue weighted by Crippen LogP contribution is 2.30. The van der Waals surface area contributed by atoms with Crippen molar-refractivity contribution in [3.8, 4) is 0 Å². The van der Waals surface area contributed by atoms with Gasteiger partial charge in [-0.05, 0) is 30.9 Å². The minimum Gasteiger partial charge on any atom is -0.376 e. The fourth-order valence-electron chi connectivity index (χ4n) is 2.77. The highest BCUT2D eigenvalue weighted by Gasteiger charge is 2.34. The molecule has 1 aliphatic carbocycles. The van der Waals surface area contributed by atoms with E-state index in [0.717, 1.165) is 17.9 Å². The fraction of sp³-hybridized carbons (Fsp3) is 0.923. The molecule has 3 nitrogen and oxygen atoms in total. The Labute approximate surface area is 108 Å². The first-order chi connectivity index (χ1) is 8.24. The second-order valence-corrected chi connectivity index (χ2v) is 6.43. The largest absolute Gasteiger partial charge is 0.376 e. The van der Waals surface area contributed by atoms with Crippen molar-refractivity contribution in [3.05, 3.63) is 0 Å². The Balaban J connectivity index is 1.71. The van der Waals surface area contributed by atoms with Gasteiger partial charge in [0.25, 0.3) is 0 Å². The van der Waals surface area contributed by atoms with Gasteiger partial charge in [0.1, 0.15) is 0 Å². The highest BCUT2D eigenvalue weighted by atomic mass is 32.2. The molecule has 0 radical (unpaired) electrons. The van der Waals surface area contributed by atoms with E-state index in [2.05, 4.69) is 5.32 Å². The maximum Gasteiger partial charge on any atom is 0.220 e. The molecular formula is C13H23NO2S. The van der Waals surface area contributed by atoms with Gasteiger partial charge in [0.2, 0.25) is 5.91 Å². The molecule has 1 saturated carbocycles. The molecule has 1 N–H and O–H groups in total. The third-order valence-corrected chi connectivity index (χ3v) is 5.28. The minimum atomic E-state index is -0.101. The van der Waals surface area contributed by atoms with Gasteiger partial charge in [0.05, 0.1) is 5.60 Å². The first-order valence-electron chi connectivity index (χ1n) is 6.64. The van der Waals surface area contributed by atoms with Crippen molar-refractivity contribution in [2.45, 2.75) is 44.1 Å². The highest BCUT2D eigenvalue weighted by molar-refractivity contribution is 7.99. The Kier molecular flexibility index (Phi) is 4.74. The quantitative estimate of drug-likeness (QED) is 0.820. The standard InChI is InChI=1S/C13H23NO2S/c1-16-13(6-7-17-10-13)9-14-12(15)8-11-4-2-3-5-11/h11H,2-10H2,1H3,(H,14,15)/t13-/m1/s1. The van der Waals surface area contributed by atoms with E-state index < -0.39 is 0 Å². The number of amides is 1. The Morgan fingerprint density at radius 3 is 2.82 bits per heavy atom. The van der Waals surface area contributed by atoms with Crippen LogP contribution in [0.3, 0.4) is 0 Å². The number of nitrogens with one attached hydrogen (secondary N) is 1. The van der Waals surface area contributed by atoms with Crippen LogP contribution in [-0.2, 0) is 9.53 Å². The normalized spacial score (nSPS) is 29.7. The zero-order chi connectivity index (χ0) is 12.1. The Hall–Kier alpha value is -0.220. The van der Waals surface area contributed by atoms with Gasteiger partial charge in [-0.15, -0.1) is 0 Å². The summed E-state index contributed by atoms with van der Waals surface area (Å²) in [5, 5.41) is 3.07. The van der Waals surface area contributed by atoms with Crippen molar-refractivity contribution in [2.75, 3.05) is 25.2 Å². The van der Waals surface area contributed by atoms with Gasteiger partial charge in [-0.3, -0.25) is 4.79 Å². The lowest BCUT2D eigenvalue weighted by Crippen LogP contribution is -2.44. The summed E-state index contributed by atoms with van der Waals surface area (Å²) in [5.41, 5.74) is -0.101. The summed E-state index contributed by atoms with van der Waals surface area (Å²) in [6.07, 6.45) is 6.84. The molecule has 4 heteroatoms.